The lowest BCUT2D eigenvalue weighted by atomic mass is 10.1. The van der Waals surface area contributed by atoms with Gasteiger partial charge >= 0.3 is 0 Å². The van der Waals surface area contributed by atoms with E-state index in [0.29, 0.717) is 5.54 Å². The molecular formula is C6H18Cl3N3O4. The number of hydrogen-bond donors (Lipinski definition) is 3. The van der Waals surface area contributed by atoms with Gasteiger partial charge in [-0.1, -0.05) is 0 Å². The molecular weight excluding hydrogens is 284 g/mol. The van der Waals surface area contributed by atoms with Crippen molar-refractivity contribution in [2.24, 2.45) is 0 Å². The summed E-state index contributed by atoms with van der Waals surface area (Å²) in [4.78, 5) is 0. The van der Waals surface area contributed by atoms with Crippen molar-refractivity contribution in [3.63, 3.8) is 0 Å². The number of halogens is 3. The molecule has 1 aliphatic rings. The van der Waals surface area contributed by atoms with Gasteiger partial charge in [-0.15, -0.1) is 10.2 Å². The van der Waals surface area contributed by atoms with Gasteiger partial charge < -0.3 is 41.2 Å². The average molecular weight is 303 g/mol. The Kier molecular flexibility index (Phi) is 13.1. The Morgan fingerprint density at radius 2 is 1.25 bits per heavy atom. The van der Waals surface area contributed by atoms with Crippen LogP contribution in [0.25, 0.3) is 0 Å². The Hall–Kier alpha value is 0.590. The first-order chi connectivity index (χ1) is 6.21. The second-order valence-corrected chi connectivity index (χ2v) is 4.51. The van der Waals surface area contributed by atoms with Gasteiger partial charge in [-0.2, -0.15) is 0 Å². The second-order valence-electron chi connectivity index (χ2n) is 3.75. The van der Waals surface area contributed by atoms with Crippen LogP contribution in [-0.4, -0.2) is 31.7 Å². The third-order valence-corrected chi connectivity index (χ3v) is 1.85. The number of rotatable bonds is 0. The molecule has 0 atom stereocenters. The van der Waals surface area contributed by atoms with Gasteiger partial charge in [0.2, 0.25) is 0 Å². The van der Waals surface area contributed by atoms with Gasteiger partial charge in [0, 0.05) is 6.92 Å². The van der Waals surface area contributed by atoms with Crippen LogP contribution < -0.4 is 59.8 Å². The van der Waals surface area contributed by atoms with Gasteiger partial charge in [0.25, 0.3) is 0 Å². The van der Waals surface area contributed by atoms with Crippen LogP contribution in [0.2, 0.25) is 0 Å². The van der Waals surface area contributed by atoms with Crippen LogP contribution in [0.5, 0.6) is 0 Å². The maximum atomic E-state index is 8.49. The first kappa shape index (κ1) is 21.8. The molecule has 1 saturated heterocycles. The highest BCUT2D eigenvalue weighted by molar-refractivity contribution is 4.65. The summed E-state index contributed by atoms with van der Waals surface area (Å²) in [5, 5.41) is 4.72. The summed E-state index contributed by atoms with van der Waals surface area (Å²) in [6.07, 6.45) is 0. The van der Waals surface area contributed by atoms with Gasteiger partial charge in [0.05, 0.1) is 0 Å². The molecule has 0 saturated carbocycles. The molecule has 0 bridgehead atoms. The summed E-state index contributed by atoms with van der Waals surface area (Å²) >= 11 is 0. The van der Waals surface area contributed by atoms with Crippen molar-refractivity contribution in [3.8, 4) is 0 Å². The van der Waals surface area contributed by atoms with Gasteiger partial charge in [-0.25, -0.2) is 18.6 Å². The van der Waals surface area contributed by atoms with E-state index in [0.717, 1.165) is 0 Å². The molecule has 10 heteroatoms. The van der Waals surface area contributed by atoms with Gasteiger partial charge in [-0.3, -0.25) is 0 Å². The lowest BCUT2D eigenvalue weighted by Crippen LogP contribution is -3.00. The quantitative estimate of drug-likeness (QED) is 0.406. The number of nitrogens with two attached hydrogens (primary N) is 2. The first-order valence-corrected chi connectivity index (χ1v) is 5.55. The molecule has 0 radical (unpaired) electrons. The van der Waals surface area contributed by atoms with E-state index in [1.165, 1.54) is 26.2 Å². The lowest BCUT2D eigenvalue weighted by Gasteiger charge is -2.17. The van der Waals surface area contributed by atoms with E-state index in [9.17, 15) is 0 Å². The zero-order chi connectivity index (χ0) is 11.2. The zero-order valence-electron chi connectivity index (χ0n) is 8.96. The molecule has 102 valence electrons. The van der Waals surface area contributed by atoms with Gasteiger partial charge in [0.15, 0.2) is 5.54 Å². The van der Waals surface area contributed by atoms with E-state index in [1.54, 1.807) is 0 Å². The number of quaternary nitrogens is 3. The summed E-state index contributed by atoms with van der Waals surface area (Å²) in [6, 6.07) is 0. The maximum Gasteiger partial charge on any atom is 0.190 e. The maximum absolute atomic E-state index is 8.49. The second kappa shape index (κ2) is 9.60. The smallest absolute Gasteiger partial charge is 0.190 e. The molecule has 1 fully saturated rings. The summed E-state index contributed by atoms with van der Waals surface area (Å²) in [7, 11) is -4.94. The fourth-order valence-electron chi connectivity index (χ4n) is 1.22. The molecule has 1 rings (SSSR count). The fourth-order valence-corrected chi connectivity index (χ4v) is 1.22. The summed E-state index contributed by atoms with van der Waals surface area (Å²) in [5.74, 6) is 0. The first-order valence-electron chi connectivity index (χ1n) is 4.31. The summed E-state index contributed by atoms with van der Waals surface area (Å²) < 4.78 is 34.0. The molecule has 0 aromatic rings. The van der Waals surface area contributed by atoms with Gasteiger partial charge in [-0.05, 0) is 0 Å². The van der Waals surface area contributed by atoms with E-state index in [1.807, 2.05) is 0 Å². The molecule has 0 aliphatic carbocycles. The Morgan fingerprint density at radius 1 is 1.00 bits per heavy atom. The highest BCUT2D eigenvalue weighted by atomic mass is 35.7. The van der Waals surface area contributed by atoms with Crippen molar-refractivity contribution in [2.45, 2.75) is 12.5 Å². The average Bonchev–Trinajstić information content (AvgIpc) is 2.08. The highest BCUT2D eigenvalue weighted by Gasteiger charge is 2.29. The molecule has 1 aliphatic heterocycles. The predicted octanol–water partition coefficient (Wildman–Crippen LogP) is -14.6. The Morgan fingerprint density at radius 3 is 1.50 bits per heavy atom. The van der Waals surface area contributed by atoms with Crippen LogP contribution in [0.15, 0.2) is 0 Å². The Labute approximate surface area is 109 Å². The molecule has 0 unspecified atom stereocenters. The minimum Gasteiger partial charge on any atom is -1.00 e. The van der Waals surface area contributed by atoms with Crippen LogP contribution in [0.4, 0.5) is 0 Å². The van der Waals surface area contributed by atoms with E-state index < -0.39 is 10.2 Å². The molecule has 0 amide bonds. The molecule has 0 aromatic heterocycles. The minimum absolute atomic E-state index is 0. The van der Waals surface area contributed by atoms with Crippen molar-refractivity contribution in [1.82, 2.24) is 0 Å². The van der Waals surface area contributed by atoms with Crippen molar-refractivity contribution in [2.75, 3.05) is 26.2 Å². The number of hydrogen-bond acceptors (Lipinski definition) is 4. The normalized spacial score (nSPS) is 19.1. The zero-order valence-corrected chi connectivity index (χ0v) is 11.2. The Bertz CT molecular complexity index is 152. The van der Waals surface area contributed by atoms with E-state index in [4.69, 9.17) is 18.6 Å². The summed E-state index contributed by atoms with van der Waals surface area (Å²) in [6.45, 7) is 7.11. The Balaban J connectivity index is -0.000000214. The van der Waals surface area contributed by atoms with E-state index >= 15 is 0 Å². The molecule has 0 aromatic carbocycles. The van der Waals surface area contributed by atoms with Crippen LogP contribution in [0, 0.1) is 10.2 Å². The molecule has 7 nitrogen and oxygen atoms in total. The highest BCUT2D eigenvalue weighted by Crippen LogP contribution is 1.84. The van der Waals surface area contributed by atoms with Crippen LogP contribution in [-0.2, 0) is 0 Å². The van der Waals surface area contributed by atoms with E-state index in [-0.39, 0.29) is 24.8 Å². The lowest BCUT2D eigenvalue weighted by molar-refractivity contribution is -2.00. The van der Waals surface area contributed by atoms with Crippen molar-refractivity contribution in [3.05, 3.63) is 0 Å². The van der Waals surface area contributed by atoms with E-state index in [2.05, 4.69) is 23.3 Å². The van der Waals surface area contributed by atoms with Crippen LogP contribution >= 0.6 is 0 Å². The van der Waals surface area contributed by atoms with Crippen LogP contribution in [0.1, 0.15) is 6.92 Å². The monoisotopic (exact) mass is 301 g/mol. The van der Waals surface area contributed by atoms with Crippen molar-refractivity contribution in [1.29, 1.82) is 0 Å². The molecule has 16 heavy (non-hydrogen) atoms. The fraction of sp³-hybridized carbons (Fsp3) is 1.00. The molecule has 0 spiro atoms. The SMILES string of the molecule is CC1([NH3+])C[NH2+]CC[NH2+]C1.[Cl-].[Cl-].[O-][Cl+3]([O-])([O-])[O-]. The third kappa shape index (κ3) is 20.1. The predicted molar refractivity (Wildman–Crippen MR) is 34.6 cm³/mol. The van der Waals surface area contributed by atoms with Gasteiger partial charge in [0.1, 0.15) is 26.2 Å². The van der Waals surface area contributed by atoms with Crippen molar-refractivity contribution < 1.29 is 70.1 Å². The third-order valence-electron chi connectivity index (χ3n) is 1.85. The molecule has 1 heterocycles. The summed E-state index contributed by atoms with van der Waals surface area (Å²) in [5.41, 5.74) is 4.43. The minimum atomic E-state index is -4.94. The largest absolute Gasteiger partial charge is 1.00 e. The van der Waals surface area contributed by atoms with Crippen LogP contribution in [0.3, 0.4) is 0 Å². The van der Waals surface area contributed by atoms with Crippen molar-refractivity contribution >= 4 is 0 Å². The molecule has 7 N–H and O–H groups in total. The topological polar surface area (TPSA) is 153 Å². The standard InChI is InChI=1S/C6H15N3.ClHO4.2ClH/c1-6(7)4-8-2-3-9-5-6;2-1(3,4)5;;/h8-9H,2-5,7H2,1H3;(H,2,3,4,5);2*1H.